The van der Waals surface area contributed by atoms with E-state index in [2.05, 4.69) is 4.98 Å². The molecule has 0 atom stereocenters. The molecule has 1 amide bonds. The van der Waals surface area contributed by atoms with Crippen LogP contribution in [0.2, 0.25) is 0 Å². The number of methoxy groups -OCH3 is 1. The van der Waals surface area contributed by atoms with Crippen LogP contribution in [0.15, 0.2) is 36.5 Å². The molecule has 4 N–H and O–H groups in total. The van der Waals surface area contributed by atoms with E-state index in [1.165, 1.54) is 6.20 Å². The predicted octanol–water partition coefficient (Wildman–Crippen LogP) is 1.54. The average Bonchev–Trinajstić information content (AvgIpc) is 2.46. The predicted molar refractivity (Wildman–Crippen MR) is 78.2 cm³/mol. The van der Waals surface area contributed by atoms with Crippen molar-refractivity contribution in [3.8, 4) is 5.75 Å². The Morgan fingerprint density at radius 3 is 2.75 bits per heavy atom. The number of nitrogens with two attached hydrogens (primary N) is 2. The molecule has 1 aromatic heterocycles. The molecule has 1 aromatic carbocycles. The van der Waals surface area contributed by atoms with E-state index in [4.69, 9.17) is 16.2 Å². The van der Waals surface area contributed by atoms with Gasteiger partial charge in [0.25, 0.3) is 5.91 Å². The molecular weight excluding hydrogens is 256 g/mol. The topological polar surface area (TPSA) is 94.5 Å². The van der Waals surface area contributed by atoms with Crippen molar-refractivity contribution >= 4 is 23.1 Å². The van der Waals surface area contributed by atoms with Gasteiger partial charge in [-0.25, -0.2) is 4.98 Å². The van der Waals surface area contributed by atoms with Gasteiger partial charge in [-0.05, 0) is 18.2 Å². The zero-order valence-corrected chi connectivity index (χ0v) is 11.3. The first kappa shape index (κ1) is 13.7. The van der Waals surface area contributed by atoms with Gasteiger partial charge in [-0.3, -0.25) is 4.79 Å². The molecule has 1 heterocycles. The summed E-state index contributed by atoms with van der Waals surface area (Å²) in [6, 6.07) is 9.06. The second-order valence-electron chi connectivity index (χ2n) is 4.25. The van der Waals surface area contributed by atoms with Crippen molar-refractivity contribution in [2.45, 2.75) is 0 Å². The molecule has 6 heteroatoms. The maximum Gasteiger partial charge on any atom is 0.250 e. The van der Waals surface area contributed by atoms with Crippen LogP contribution in [-0.4, -0.2) is 25.0 Å². The number of benzene rings is 1. The molecule has 6 nitrogen and oxygen atoms in total. The number of amides is 1. The van der Waals surface area contributed by atoms with Crippen molar-refractivity contribution in [3.05, 3.63) is 42.1 Å². The van der Waals surface area contributed by atoms with Gasteiger partial charge in [0.15, 0.2) is 0 Å². The molecule has 2 rings (SSSR count). The van der Waals surface area contributed by atoms with Crippen molar-refractivity contribution in [2.24, 2.45) is 5.73 Å². The van der Waals surface area contributed by atoms with Gasteiger partial charge < -0.3 is 21.1 Å². The highest BCUT2D eigenvalue weighted by Gasteiger charge is 2.12. The van der Waals surface area contributed by atoms with Crippen LogP contribution in [0.3, 0.4) is 0 Å². The summed E-state index contributed by atoms with van der Waals surface area (Å²) in [5, 5.41) is 0. The van der Waals surface area contributed by atoms with Crippen LogP contribution in [0.1, 0.15) is 10.4 Å². The molecule has 0 fully saturated rings. The minimum absolute atomic E-state index is 0.254. The summed E-state index contributed by atoms with van der Waals surface area (Å²) in [6.07, 6.45) is 1.42. The minimum atomic E-state index is -0.579. The number of carbonyl (C=O) groups excluding carboxylic acids is 1. The Balaban J connectivity index is 2.40. The first-order valence-corrected chi connectivity index (χ1v) is 5.96. The van der Waals surface area contributed by atoms with Crippen LogP contribution >= 0.6 is 0 Å². The van der Waals surface area contributed by atoms with Crippen LogP contribution in [0, 0.1) is 0 Å². The van der Waals surface area contributed by atoms with Crippen LogP contribution < -0.4 is 21.1 Å². The van der Waals surface area contributed by atoms with Crippen LogP contribution in [0.25, 0.3) is 0 Å². The lowest BCUT2D eigenvalue weighted by molar-refractivity contribution is 0.100. The Labute approximate surface area is 117 Å². The normalized spacial score (nSPS) is 10.1. The Kier molecular flexibility index (Phi) is 3.74. The number of pyridine rings is 1. The van der Waals surface area contributed by atoms with Crippen molar-refractivity contribution in [1.29, 1.82) is 0 Å². The number of hydrogen-bond donors (Lipinski definition) is 2. The summed E-state index contributed by atoms with van der Waals surface area (Å²) < 4.78 is 5.18. The van der Waals surface area contributed by atoms with Gasteiger partial charge in [-0.2, -0.15) is 0 Å². The zero-order chi connectivity index (χ0) is 14.7. The number of carbonyl (C=O) groups is 1. The standard InChI is InChI=1S/C14H16N4O2/c1-18(9-4-3-5-10(6-9)20-2)13-7-11(14(16)19)12(15)8-17-13/h3-8H,15H2,1-2H3,(H2,16,19). The lowest BCUT2D eigenvalue weighted by atomic mass is 10.2. The summed E-state index contributed by atoms with van der Waals surface area (Å²) >= 11 is 0. The maximum absolute atomic E-state index is 11.3. The average molecular weight is 272 g/mol. The van der Waals surface area contributed by atoms with Gasteiger partial charge in [-0.1, -0.05) is 6.07 Å². The number of hydrogen-bond acceptors (Lipinski definition) is 5. The molecule has 0 bridgehead atoms. The molecule has 0 radical (unpaired) electrons. The van der Waals surface area contributed by atoms with Crippen molar-refractivity contribution in [2.75, 3.05) is 24.8 Å². The Morgan fingerprint density at radius 1 is 1.35 bits per heavy atom. The van der Waals surface area contributed by atoms with Gasteiger partial charge in [0.05, 0.1) is 24.6 Å². The summed E-state index contributed by atoms with van der Waals surface area (Å²) in [7, 11) is 3.43. The van der Waals surface area contributed by atoms with E-state index >= 15 is 0 Å². The number of ether oxygens (including phenoxy) is 1. The Morgan fingerprint density at radius 2 is 2.10 bits per heavy atom. The third kappa shape index (κ3) is 2.64. The second kappa shape index (κ2) is 5.48. The smallest absolute Gasteiger partial charge is 0.250 e. The van der Waals surface area contributed by atoms with Crippen LogP contribution in [0.5, 0.6) is 5.75 Å². The van der Waals surface area contributed by atoms with E-state index < -0.39 is 5.91 Å². The van der Waals surface area contributed by atoms with E-state index in [0.29, 0.717) is 5.82 Å². The quantitative estimate of drug-likeness (QED) is 0.880. The Hall–Kier alpha value is -2.76. The van der Waals surface area contributed by atoms with Gasteiger partial charge in [0.2, 0.25) is 0 Å². The minimum Gasteiger partial charge on any atom is -0.497 e. The molecule has 0 aliphatic rings. The highest BCUT2D eigenvalue weighted by molar-refractivity contribution is 5.98. The number of nitrogen functional groups attached to an aromatic ring is 1. The highest BCUT2D eigenvalue weighted by atomic mass is 16.5. The molecule has 0 aliphatic heterocycles. The molecule has 0 spiro atoms. The summed E-state index contributed by atoms with van der Waals surface area (Å²) in [5.41, 5.74) is 12.3. The lowest BCUT2D eigenvalue weighted by Gasteiger charge is -2.19. The lowest BCUT2D eigenvalue weighted by Crippen LogP contribution is -2.17. The van der Waals surface area contributed by atoms with Crippen LogP contribution in [-0.2, 0) is 0 Å². The van der Waals surface area contributed by atoms with Crippen molar-refractivity contribution < 1.29 is 9.53 Å². The fourth-order valence-electron chi connectivity index (χ4n) is 1.80. The molecule has 0 aliphatic carbocycles. The van der Waals surface area contributed by atoms with Gasteiger partial charge in [0, 0.05) is 18.8 Å². The summed E-state index contributed by atoms with van der Waals surface area (Å²) in [6.45, 7) is 0. The van der Waals surface area contributed by atoms with E-state index in [-0.39, 0.29) is 11.3 Å². The first-order valence-electron chi connectivity index (χ1n) is 5.96. The van der Waals surface area contributed by atoms with E-state index in [1.54, 1.807) is 13.2 Å². The van der Waals surface area contributed by atoms with E-state index in [1.807, 2.05) is 36.2 Å². The molecule has 2 aromatic rings. The molecular formula is C14H16N4O2. The zero-order valence-electron chi connectivity index (χ0n) is 11.3. The first-order chi connectivity index (χ1) is 9.52. The van der Waals surface area contributed by atoms with Gasteiger partial charge in [-0.15, -0.1) is 0 Å². The molecule has 104 valence electrons. The fourth-order valence-corrected chi connectivity index (χ4v) is 1.80. The number of primary amides is 1. The Bertz CT molecular complexity index is 643. The third-order valence-electron chi connectivity index (χ3n) is 2.97. The van der Waals surface area contributed by atoms with Crippen molar-refractivity contribution in [3.63, 3.8) is 0 Å². The number of nitrogens with zero attached hydrogens (tertiary/aromatic N) is 2. The van der Waals surface area contributed by atoms with Gasteiger partial charge in [0.1, 0.15) is 11.6 Å². The summed E-state index contributed by atoms with van der Waals surface area (Å²) in [5.74, 6) is 0.728. The number of rotatable bonds is 4. The van der Waals surface area contributed by atoms with E-state index in [0.717, 1.165) is 11.4 Å². The number of anilines is 3. The summed E-state index contributed by atoms with van der Waals surface area (Å²) in [4.78, 5) is 17.3. The molecule has 0 unspecified atom stereocenters. The monoisotopic (exact) mass is 272 g/mol. The van der Waals surface area contributed by atoms with E-state index in [9.17, 15) is 4.79 Å². The maximum atomic E-state index is 11.3. The number of aromatic nitrogens is 1. The van der Waals surface area contributed by atoms with Gasteiger partial charge >= 0.3 is 0 Å². The molecule has 0 saturated carbocycles. The SMILES string of the molecule is COc1cccc(N(C)c2cc(C(N)=O)c(N)cn2)c1. The highest BCUT2D eigenvalue weighted by Crippen LogP contribution is 2.26. The molecule has 0 saturated heterocycles. The van der Waals surface area contributed by atoms with Crippen LogP contribution in [0.4, 0.5) is 17.2 Å². The second-order valence-corrected chi connectivity index (χ2v) is 4.25. The van der Waals surface area contributed by atoms with Crippen molar-refractivity contribution in [1.82, 2.24) is 4.98 Å². The largest absolute Gasteiger partial charge is 0.497 e. The molecule has 20 heavy (non-hydrogen) atoms. The fraction of sp³-hybridized carbons (Fsp3) is 0.143. The third-order valence-corrected chi connectivity index (χ3v) is 2.97.